The second kappa shape index (κ2) is 3.27. The maximum absolute atomic E-state index is 12.2. The van der Waals surface area contributed by atoms with Crippen molar-refractivity contribution in [3.63, 3.8) is 0 Å². The summed E-state index contributed by atoms with van der Waals surface area (Å²) in [6.07, 6.45) is 3.89. The lowest BCUT2D eigenvalue weighted by Crippen LogP contribution is -2.48. The van der Waals surface area contributed by atoms with E-state index >= 15 is 0 Å². The molecular formula is C13H14O4S. The van der Waals surface area contributed by atoms with Crippen LogP contribution in [-0.2, 0) is 14.3 Å². The number of benzene rings is 1. The van der Waals surface area contributed by atoms with Crippen LogP contribution in [0, 0.1) is 11.8 Å². The topological polar surface area (TPSA) is 52.6 Å². The van der Waals surface area contributed by atoms with Crippen LogP contribution in [0.3, 0.4) is 0 Å². The highest BCUT2D eigenvalue weighted by Crippen LogP contribution is 2.56. The van der Waals surface area contributed by atoms with Gasteiger partial charge in [0, 0.05) is 12.3 Å². The van der Waals surface area contributed by atoms with Crippen LogP contribution < -0.4 is 4.74 Å². The van der Waals surface area contributed by atoms with Gasteiger partial charge in [-0.1, -0.05) is 12.1 Å². The molecule has 3 aliphatic rings. The van der Waals surface area contributed by atoms with Crippen molar-refractivity contribution in [2.75, 3.05) is 0 Å². The van der Waals surface area contributed by atoms with Crippen LogP contribution in [0.1, 0.15) is 25.7 Å². The third-order valence-electron chi connectivity index (χ3n) is 4.39. The Bertz CT molecular complexity index is 609. The summed E-state index contributed by atoms with van der Waals surface area (Å²) in [5.74, 6) is 0.285. The Morgan fingerprint density at radius 1 is 1.22 bits per heavy atom. The molecular weight excluding hydrogens is 252 g/mol. The summed E-state index contributed by atoms with van der Waals surface area (Å²) >= 11 is 0. The SMILES string of the molecule is O=S1(=O)OC2(CC3CCC2C3)Oc2ccccc21. The molecule has 96 valence electrons. The Hall–Kier alpha value is -1.07. The van der Waals surface area contributed by atoms with Crippen molar-refractivity contribution in [3.05, 3.63) is 24.3 Å². The van der Waals surface area contributed by atoms with E-state index in [1.807, 2.05) is 0 Å². The van der Waals surface area contributed by atoms with Gasteiger partial charge in [-0.2, -0.15) is 8.42 Å². The summed E-state index contributed by atoms with van der Waals surface area (Å²) in [6, 6.07) is 6.72. The molecule has 5 heteroatoms. The summed E-state index contributed by atoms with van der Waals surface area (Å²) in [4.78, 5) is 0.151. The Balaban J connectivity index is 1.85. The van der Waals surface area contributed by atoms with Crippen LogP contribution in [0.2, 0.25) is 0 Å². The van der Waals surface area contributed by atoms with Gasteiger partial charge in [0.15, 0.2) is 0 Å². The fraction of sp³-hybridized carbons (Fsp3) is 0.538. The maximum atomic E-state index is 12.2. The molecule has 1 aliphatic heterocycles. The van der Waals surface area contributed by atoms with E-state index in [0.717, 1.165) is 12.8 Å². The minimum atomic E-state index is -3.68. The third kappa shape index (κ3) is 1.32. The summed E-state index contributed by atoms with van der Waals surface area (Å²) in [6.45, 7) is 0. The molecule has 18 heavy (non-hydrogen) atoms. The zero-order valence-electron chi connectivity index (χ0n) is 9.83. The Kier molecular flexibility index (Phi) is 1.97. The van der Waals surface area contributed by atoms with Crippen molar-refractivity contribution < 1.29 is 17.3 Å². The van der Waals surface area contributed by atoms with Gasteiger partial charge in [0.1, 0.15) is 10.6 Å². The van der Waals surface area contributed by atoms with Crippen LogP contribution in [0.15, 0.2) is 29.2 Å². The zero-order valence-corrected chi connectivity index (χ0v) is 10.7. The van der Waals surface area contributed by atoms with Gasteiger partial charge in [-0.15, -0.1) is 0 Å². The molecule has 1 aromatic rings. The number of para-hydroxylation sites is 1. The van der Waals surface area contributed by atoms with Crippen molar-refractivity contribution in [1.29, 1.82) is 0 Å². The van der Waals surface area contributed by atoms with E-state index in [4.69, 9.17) is 8.92 Å². The monoisotopic (exact) mass is 266 g/mol. The van der Waals surface area contributed by atoms with Crippen molar-refractivity contribution in [3.8, 4) is 5.75 Å². The third-order valence-corrected chi connectivity index (χ3v) is 5.77. The molecule has 1 spiro atoms. The summed E-state index contributed by atoms with van der Waals surface area (Å²) in [7, 11) is -3.68. The molecule has 2 saturated carbocycles. The number of fused-ring (bicyclic) bond motifs is 4. The summed E-state index contributed by atoms with van der Waals surface area (Å²) in [5.41, 5.74) is 0. The van der Waals surface area contributed by atoms with E-state index < -0.39 is 15.9 Å². The number of ether oxygens (including phenoxy) is 1. The van der Waals surface area contributed by atoms with Crippen LogP contribution in [0.5, 0.6) is 5.75 Å². The van der Waals surface area contributed by atoms with Gasteiger partial charge in [-0.25, -0.2) is 4.18 Å². The van der Waals surface area contributed by atoms with Crippen LogP contribution in [-0.4, -0.2) is 14.2 Å². The largest absolute Gasteiger partial charge is 0.459 e. The maximum Gasteiger partial charge on any atom is 0.304 e. The standard InChI is InChI=1S/C13H14O4S/c14-18(15)12-4-2-1-3-11(12)16-13(17-18)8-9-5-6-10(13)7-9/h1-4,9-10H,5-8H2. The molecule has 2 fully saturated rings. The summed E-state index contributed by atoms with van der Waals surface area (Å²) in [5, 5.41) is 0. The molecule has 0 aromatic heterocycles. The van der Waals surface area contributed by atoms with E-state index in [2.05, 4.69) is 0 Å². The first-order chi connectivity index (χ1) is 8.59. The van der Waals surface area contributed by atoms with Crippen LogP contribution in [0.25, 0.3) is 0 Å². The van der Waals surface area contributed by atoms with Crippen molar-refractivity contribution in [2.45, 2.75) is 36.4 Å². The molecule has 0 amide bonds. The molecule has 3 atom stereocenters. The average Bonchev–Trinajstić information content (AvgIpc) is 2.88. The first kappa shape index (κ1) is 10.8. The number of hydrogen-bond acceptors (Lipinski definition) is 4. The van der Waals surface area contributed by atoms with Crippen molar-refractivity contribution in [1.82, 2.24) is 0 Å². The fourth-order valence-corrected chi connectivity index (χ4v) is 4.93. The fourth-order valence-electron chi connectivity index (χ4n) is 3.63. The Labute approximate surface area is 106 Å². The van der Waals surface area contributed by atoms with E-state index in [-0.39, 0.29) is 10.8 Å². The number of rotatable bonds is 0. The molecule has 1 aromatic carbocycles. The minimum absolute atomic E-state index is 0.151. The molecule has 4 rings (SSSR count). The van der Waals surface area contributed by atoms with Gasteiger partial charge in [-0.05, 0) is 37.3 Å². The van der Waals surface area contributed by atoms with Gasteiger partial charge in [0.25, 0.3) is 0 Å². The van der Waals surface area contributed by atoms with Gasteiger partial charge in [0.05, 0.1) is 0 Å². The van der Waals surface area contributed by atoms with E-state index in [0.29, 0.717) is 18.1 Å². The molecule has 0 saturated heterocycles. The predicted octanol–water partition coefficient (Wildman–Crippen LogP) is 2.30. The molecule has 0 N–H and O–H groups in total. The van der Waals surface area contributed by atoms with E-state index in [1.54, 1.807) is 18.2 Å². The lowest BCUT2D eigenvalue weighted by molar-refractivity contribution is -0.155. The van der Waals surface area contributed by atoms with Gasteiger partial charge < -0.3 is 4.74 Å². The van der Waals surface area contributed by atoms with Crippen LogP contribution >= 0.6 is 0 Å². The first-order valence-electron chi connectivity index (χ1n) is 6.33. The molecule has 3 unspecified atom stereocenters. The highest BCUT2D eigenvalue weighted by atomic mass is 32.2. The normalized spacial score (nSPS) is 39.6. The highest BCUT2D eigenvalue weighted by molar-refractivity contribution is 7.87. The van der Waals surface area contributed by atoms with Gasteiger partial charge in [-0.3, -0.25) is 0 Å². The average molecular weight is 266 g/mol. The number of hydrogen-bond donors (Lipinski definition) is 0. The molecule has 0 radical (unpaired) electrons. The molecule has 2 aliphatic carbocycles. The second-order valence-corrected chi connectivity index (χ2v) is 6.99. The molecule has 2 bridgehead atoms. The second-order valence-electron chi connectivity index (χ2n) is 5.48. The van der Waals surface area contributed by atoms with Crippen LogP contribution in [0.4, 0.5) is 0 Å². The lowest BCUT2D eigenvalue weighted by Gasteiger charge is -2.40. The van der Waals surface area contributed by atoms with Crippen molar-refractivity contribution >= 4 is 10.1 Å². The predicted molar refractivity (Wildman–Crippen MR) is 63.5 cm³/mol. The van der Waals surface area contributed by atoms with E-state index in [9.17, 15) is 8.42 Å². The zero-order chi connectivity index (χ0) is 12.4. The highest BCUT2D eigenvalue weighted by Gasteiger charge is 2.59. The van der Waals surface area contributed by atoms with Gasteiger partial charge >= 0.3 is 10.1 Å². The first-order valence-corrected chi connectivity index (χ1v) is 7.74. The quantitative estimate of drug-likeness (QED) is 0.676. The summed E-state index contributed by atoms with van der Waals surface area (Å²) < 4.78 is 35.8. The molecule has 4 nitrogen and oxygen atoms in total. The van der Waals surface area contributed by atoms with Gasteiger partial charge in [0.2, 0.25) is 5.79 Å². The minimum Gasteiger partial charge on any atom is -0.459 e. The molecule has 1 heterocycles. The Morgan fingerprint density at radius 3 is 2.78 bits per heavy atom. The van der Waals surface area contributed by atoms with E-state index in [1.165, 1.54) is 12.5 Å². The van der Waals surface area contributed by atoms with Crippen molar-refractivity contribution in [2.24, 2.45) is 11.8 Å². The Morgan fingerprint density at radius 2 is 2.06 bits per heavy atom. The smallest absolute Gasteiger partial charge is 0.304 e. The lowest BCUT2D eigenvalue weighted by atomic mass is 9.94.